The van der Waals surface area contributed by atoms with Crippen molar-refractivity contribution in [2.45, 2.75) is 39.7 Å². The minimum absolute atomic E-state index is 0. The minimum atomic E-state index is -2.96. The maximum Gasteiger partial charge on any atom is 0.191 e. The Bertz CT molecular complexity index is 521. The summed E-state index contributed by atoms with van der Waals surface area (Å²) in [5.74, 6) is 1.24. The third kappa shape index (κ3) is 10.9. The van der Waals surface area contributed by atoms with Crippen molar-refractivity contribution in [3.8, 4) is 0 Å². The second kappa shape index (κ2) is 12.4. The molecule has 1 fully saturated rings. The summed E-state index contributed by atoms with van der Waals surface area (Å²) in [7, 11) is -1.23. The Morgan fingerprint density at radius 3 is 2.54 bits per heavy atom. The second-order valence-electron chi connectivity index (χ2n) is 7.68. The van der Waals surface area contributed by atoms with Crippen molar-refractivity contribution in [3.63, 3.8) is 0 Å². The molecule has 9 heteroatoms. The summed E-state index contributed by atoms with van der Waals surface area (Å²) >= 11 is 0. The van der Waals surface area contributed by atoms with Crippen LogP contribution >= 0.6 is 24.0 Å². The molecule has 1 aliphatic rings. The van der Waals surface area contributed by atoms with E-state index in [0.717, 1.165) is 32.0 Å². The lowest BCUT2D eigenvalue weighted by Gasteiger charge is -2.40. The average Bonchev–Trinajstić information content (AvgIpc) is 2.52. The van der Waals surface area contributed by atoms with Crippen LogP contribution in [-0.2, 0) is 19.3 Å². The fraction of sp³-hybridized carbons (Fsp3) is 0.941. The van der Waals surface area contributed by atoms with Gasteiger partial charge in [0.1, 0.15) is 9.84 Å². The highest BCUT2D eigenvalue weighted by molar-refractivity contribution is 14.0. The van der Waals surface area contributed by atoms with Crippen molar-refractivity contribution in [1.29, 1.82) is 0 Å². The van der Waals surface area contributed by atoms with Gasteiger partial charge >= 0.3 is 0 Å². The van der Waals surface area contributed by atoms with Gasteiger partial charge in [0, 0.05) is 38.9 Å². The second-order valence-corrected chi connectivity index (χ2v) is 9.94. The van der Waals surface area contributed by atoms with Gasteiger partial charge < -0.3 is 20.1 Å². The zero-order chi connectivity index (χ0) is 18.9. The Labute approximate surface area is 176 Å². The molecule has 0 spiro atoms. The van der Waals surface area contributed by atoms with E-state index in [2.05, 4.69) is 36.4 Å². The Morgan fingerprint density at radius 1 is 1.27 bits per heavy atom. The van der Waals surface area contributed by atoms with Crippen LogP contribution in [0, 0.1) is 11.3 Å². The standard InChI is InChI=1S/C17H35N3O4S.HI/c1-17(2,3)15-14(7-6-9-24-15)13-20-16(18-4)19-8-10-23-11-12-25(5,21)22;/h14-15H,6-13H2,1-5H3,(H2,18,19,20);1H. The van der Waals surface area contributed by atoms with Crippen LogP contribution in [0.25, 0.3) is 0 Å². The predicted molar refractivity (Wildman–Crippen MR) is 117 cm³/mol. The summed E-state index contributed by atoms with van der Waals surface area (Å²) in [4.78, 5) is 4.22. The maximum atomic E-state index is 11.0. The van der Waals surface area contributed by atoms with Gasteiger partial charge in [-0.2, -0.15) is 0 Å². The number of nitrogens with zero attached hydrogens (tertiary/aromatic N) is 1. The van der Waals surface area contributed by atoms with Gasteiger partial charge in [-0.3, -0.25) is 4.99 Å². The van der Waals surface area contributed by atoms with Gasteiger partial charge in [-0.05, 0) is 18.3 Å². The molecule has 2 N–H and O–H groups in total. The molecule has 1 heterocycles. The molecule has 1 rings (SSSR count). The highest BCUT2D eigenvalue weighted by atomic mass is 127. The van der Waals surface area contributed by atoms with E-state index in [9.17, 15) is 8.42 Å². The first-order valence-electron chi connectivity index (χ1n) is 8.95. The number of hydrogen-bond donors (Lipinski definition) is 2. The highest BCUT2D eigenvalue weighted by Crippen LogP contribution is 2.33. The van der Waals surface area contributed by atoms with E-state index >= 15 is 0 Å². The van der Waals surface area contributed by atoms with Crippen molar-refractivity contribution in [1.82, 2.24) is 10.6 Å². The molecular weight excluding hydrogens is 469 g/mol. The molecule has 2 unspecified atom stereocenters. The fourth-order valence-corrected chi connectivity index (χ4v) is 3.43. The smallest absolute Gasteiger partial charge is 0.191 e. The number of guanidine groups is 1. The lowest BCUT2D eigenvalue weighted by Crippen LogP contribution is -2.47. The van der Waals surface area contributed by atoms with Crippen molar-refractivity contribution >= 4 is 39.8 Å². The van der Waals surface area contributed by atoms with Gasteiger partial charge in [-0.25, -0.2) is 8.42 Å². The SMILES string of the molecule is CN=C(NCCOCCS(C)(=O)=O)NCC1CCCOC1C(C)(C)C.I. The van der Waals surface area contributed by atoms with Gasteiger partial charge in [0.2, 0.25) is 0 Å². The fourth-order valence-electron chi connectivity index (χ4n) is 3.01. The number of ether oxygens (including phenoxy) is 2. The van der Waals surface area contributed by atoms with Crippen molar-refractivity contribution in [2.24, 2.45) is 16.3 Å². The summed E-state index contributed by atoms with van der Waals surface area (Å²) < 4.78 is 33.4. The van der Waals surface area contributed by atoms with Gasteiger partial charge in [0.05, 0.1) is 25.1 Å². The normalized spacial score (nSPS) is 21.8. The number of sulfone groups is 1. The maximum absolute atomic E-state index is 11.0. The molecule has 0 amide bonds. The first-order valence-corrected chi connectivity index (χ1v) is 11.0. The van der Waals surface area contributed by atoms with E-state index in [-0.39, 0.29) is 47.9 Å². The molecule has 1 aliphatic heterocycles. The van der Waals surface area contributed by atoms with E-state index in [0.29, 0.717) is 19.1 Å². The summed E-state index contributed by atoms with van der Waals surface area (Å²) in [6, 6.07) is 0. The van der Waals surface area contributed by atoms with Gasteiger partial charge in [0.15, 0.2) is 5.96 Å². The van der Waals surface area contributed by atoms with Gasteiger partial charge in [0.25, 0.3) is 0 Å². The molecule has 0 saturated carbocycles. The molecule has 1 saturated heterocycles. The lowest BCUT2D eigenvalue weighted by atomic mass is 9.78. The Hall–Kier alpha value is -0.130. The molecule has 0 bridgehead atoms. The molecule has 0 radical (unpaired) electrons. The van der Waals surface area contributed by atoms with Crippen LogP contribution in [0.5, 0.6) is 0 Å². The predicted octanol–water partition coefficient (Wildman–Crippen LogP) is 1.67. The summed E-state index contributed by atoms with van der Waals surface area (Å²) in [6.07, 6.45) is 3.70. The molecule has 0 aromatic carbocycles. The molecule has 0 aromatic rings. The first kappa shape index (κ1) is 25.9. The monoisotopic (exact) mass is 505 g/mol. The largest absolute Gasteiger partial charge is 0.379 e. The van der Waals surface area contributed by atoms with Crippen LogP contribution in [0.2, 0.25) is 0 Å². The average molecular weight is 505 g/mol. The number of hydrogen-bond acceptors (Lipinski definition) is 5. The molecular formula is C17H36IN3O4S. The molecule has 26 heavy (non-hydrogen) atoms. The van der Waals surface area contributed by atoms with Crippen molar-refractivity contribution in [2.75, 3.05) is 52.0 Å². The minimum Gasteiger partial charge on any atom is -0.379 e. The van der Waals surface area contributed by atoms with E-state index in [1.807, 2.05) is 0 Å². The van der Waals surface area contributed by atoms with Gasteiger partial charge in [-0.15, -0.1) is 24.0 Å². The molecule has 156 valence electrons. The zero-order valence-corrected chi connectivity index (χ0v) is 19.9. The van der Waals surface area contributed by atoms with Crippen LogP contribution in [-0.4, -0.2) is 72.4 Å². The third-order valence-corrected chi connectivity index (χ3v) is 5.10. The summed E-state index contributed by atoms with van der Waals surface area (Å²) in [5.41, 5.74) is 0.122. The number of aliphatic imine (C=N–C) groups is 1. The third-order valence-electron chi connectivity index (χ3n) is 4.19. The lowest BCUT2D eigenvalue weighted by molar-refractivity contribution is -0.0835. The van der Waals surface area contributed by atoms with E-state index in [4.69, 9.17) is 9.47 Å². The van der Waals surface area contributed by atoms with E-state index in [1.54, 1.807) is 7.05 Å². The van der Waals surface area contributed by atoms with E-state index in [1.165, 1.54) is 6.26 Å². The molecule has 0 aromatic heterocycles. The van der Waals surface area contributed by atoms with Crippen molar-refractivity contribution in [3.05, 3.63) is 0 Å². The van der Waals surface area contributed by atoms with Crippen LogP contribution in [0.3, 0.4) is 0 Å². The van der Waals surface area contributed by atoms with Crippen molar-refractivity contribution < 1.29 is 17.9 Å². The Morgan fingerprint density at radius 2 is 1.96 bits per heavy atom. The van der Waals surface area contributed by atoms with E-state index < -0.39 is 9.84 Å². The zero-order valence-electron chi connectivity index (χ0n) is 16.7. The first-order chi connectivity index (χ1) is 11.6. The Kier molecular flexibility index (Phi) is 12.3. The Balaban J connectivity index is 0.00000625. The van der Waals surface area contributed by atoms with Gasteiger partial charge in [-0.1, -0.05) is 20.8 Å². The van der Waals surface area contributed by atoms with Crippen LogP contribution < -0.4 is 10.6 Å². The van der Waals surface area contributed by atoms with Crippen LogP contribution in [0.15, 0.2) is 4.99 Å². The summed E-state index contributed by atoms with van der Waals surface area (Å²) in [5, 5.41) is 6.55. The topological polar surface area (TPSA) is 89.0 Å². The summed E-state index contributed by atoms with van der Waals surface area (Å²) in [6.45, 7) is 9.55. The quantitative estimate of drug-likeness (QED) is 0.226. The number of halogens is 1. The number of nitrogens with one attached hydrogen (secondary N) is 2. The van der Waals surface area contributed by atoms with Crippen LogP contribution in [0.4, 0.5) is 0 Å². The molecule has 2 atom stereocenters. The molecule has 7 nitrogen and oxygen atoms in total. The highest BCUT2D eigenvalue weighted by Gasteiger charge is 2.35. The van der Waals surface area contributed by atoms with Crippen LogP contribution in [0.1, 0.15) is 33.6 Å². The molecule has 0 aliphatic carbocycles. The number of rotatable bonds is 8.